The number of aliphatic imine (C=N–C) groups is 1. The van der Waals surface area contributed by atoms with Gasteiger partial charge in [-0.3, -0.25) is 5.73 Å². The van der Waals surface area contributed by atoms with Gasteiger partial charge in [0.25, 0.3) is 0 Å². The molecule has 5 N–H and O–H groups in total. The molecule has 1 heterocycles. The Labute approximate surface area is 136 Å². The van der Waals surface area contributed by atoms with E-state index in [1.807, 2.05) is 19.1 Å². The lowest BCUT2D eigenvalue weighted by Crippen LogP contribution is -2.44. The Kier molecular flexibility index (Phi) is 3.70. The van der Waals surface area contributed by atoms with Crippen molar-refractivity contribution in [2.45, 2.75) is 26.4 Å². The molecule has 0 bridgehead atoms. The summed E-state index contributed by atoms with van der Waals surface area (Å²) in [6.07, 6.45) is 1.90. The molecule has 0 spiro atoms. The van der Waals surface area contributed by atoms with Gasteiger partial charge >= 0.3 is 0 Å². The molecule has 4 nitrogen and oxygen atoms in total. The molecule has 1 aliphatic rings. The third-order valence-corrected chi connectivity index (χ3v) is 4.10. The van der Waals surface area contributed by atoms with Gasteiger partial charge in [0, 0.05) is 5.70 Å². The van der Waals surface area contributed by atoms with Crippen molar-refractivity contribution in [2.24, 2.45) is 16.5 Å². The van der Waals surface area contributed by atoms with Crippen LogP contribution < -0.4 is 16.8 Å². The van der Waals surface area contributed by atoms with Gasteiger partial charge in [0.15, 0.2) is 11.6 Å². The van der Waals surface area contributed by atoms with Gasteiger partial charge in [0.1, 0.15) is 0 Å². The molecule has 0 saturated heterocycles. The first-order chi connectivity index (χ1) is 10.9. The minimum absolute atomic E-state index is 0.338. The Hall–Kier alpha value is -2.59. The minimum atomic E-state index is -0.939. The van der Waals surface area contributed by atoms with Crippen LogP contribution in [0.5, 0.6) is 0 Å². The molecule has 4 heteroatoms. The van der Waals surface area contributed by atoms with Crippen molar-refractivity contribution in [3.63, 3.8) is 0 Å². The fourth-order valence-electron chi connectivity index (χ4n) is 2.97. The van der Waals surface area contributed by atoms with Crippen LogP contribution in [0.2, 0.25) is 0 Å². The zero-order valence-corrected chi connectivity index (χ0v) is 13.7. The summed E-state index contributed by atoms with van der Waals surface area (Å²) >= 11 is 0. The molecule has 23 heavy (non-hydrogen) atoms. The van der Waals surface area contributed by atoms with Crippen LogP contribution in [0.3, 0.4) is 0 Å². The number of benzene rings is 2. The van der Waals surface area contributed by atoms with E-state index in [-0.39, 0.29) is 0 Å². The molecular weight excluding hydrogens is 284 g/mol. The van der Waals surface area contributed by atoms with Crippen molar-refractivity contribution in [3.05, 3.63) is 70.9 Å². The summed E-state index contributed by atoms with van der Waals surface area (Å²) in [5.41, 5.74) is 18.0. The van der Waals surface area contributed by atoms with E-state index in [0.29, 0.717) is 5.96 Å². The highest BCUT2D eigenvalue weighted by Crippen LogP contribution is 2.31. The third kappa shape index (κ3) is 2.98. The van der Waals surface area contributed by atoms with Gasteiger partial charge in [-0.15, -0.1) is 0 Å². The van der Waals surface area contributed by atoms with Crippen LogP contribution in [-0.2, 0) is 5.66 Å². The largest absolute Gasteiger partial charge is 0.370 e. The fraction of sp³-hybridized carbons (Fsp3) is 0.211. The van der Waals surface area contributed by atoms with Gasteiger partial charge in [-0.2, -0.15) is 0 Å². The van der Waals surface area contributed by atoms with Gasteiger partial charge in [0.05, 0.1) is 0 Å². The predicted molar refractivity (Wildman–Crippen MR) is 95.7 cm³/mol. The van der Waals surface area contributed by atoms with Crippen LogP contribution in [0.15, 0.2) is 59.2 Å². The number of hydrogen-bond acceptors (Lipinski definition) is 4. The number of nitrogens with two attached hydrogens (primary N) is 2. The summed E-state index contributed by atoms with van der Waals surface area (Å²) in [4.78, 5) is 4.40. The highest BCUT2D eigenvalue weighted by molar-refractivity contribution is 5.81. The van der Waals surface area contributed by atoms with Crippen molar-refractivity contribution >= 4 is 5.96 Å². The molecule has 3 rings (SSSR count). The number of allylic oxidation sites excluding steroid dienone is 1. The Bertz CT molecular complexity index is 800. The van der Waals surface area contributed by atoms with E-state index in [1.54, 1.807) is 0 Å². The first-order valence-electron chi connectivity index (χ1n) is 7.66. The lowest BCUT2D eigenvalue weighted by Gasteiger charge is -2.28. The number of guanidine groups is 1. The zero-order chi connectivity index (χ0) is 16.6. The van der Waals surface area contributed by atoms with Gasteiger partial charge in [-0.05, 0) is 55.2 Å². The Balaban J connectivity index is 2.13. The molecule has 0 aliphatic carbocycles. The summed E-state index contributed by atoms with van der Waals surface area (Å²) < 4.78 is 0. The summed E-state index contributed by atoms with van der Waals surface area (Å²) in [6.45, 7) is 6.13. The number of rotatable bonds is 2. The molecule has 2 aromatic carbocycles. The fourth-order valence-corrected chi connectivity index (χ4v) is 2.97. The third-order valence-electron chi connectivity index (χ3n) is 4.10. The molecule has 0 saturated carbocycles. The Morgan fingerprint density at radius 3 is 2.52 bits per heavy atom. The summed E-state index contributed by atoms with van der Waals surface area (Å²) in [6, 6.07) is 14.7. The van der Waals surface area contributed by atoms with E-state index < -0.39 is 5.66 Å². The predicted octanol–water partition coefficient (Wildman–Crippen LogP) is 2.90. The van der Waals surface area contributed by atoms with Crippen molar-refractivity contribution < 1.29 is 0 Å². The number of nitrogens with zero attached hydrogens (tertiary/aromatic N) is 1. The van der Waals surface area contributed by atoms with Crippen molar-refractivity contribution in [1.29, 1.82) is 0 Å². The molecule has 0 amide bonds. The van der Waals surface area contributed by atoms with Crippen LogP contribution in [0.1, 0.15) is 23.6 Å². The van der Waals surface area contributed by atoms with Gasteiger partial charge in [0.2, 0.25) is 0 Å². The smallest absolute Gasteiger partial charge is 0.195 e. The molecule has 118 valence electrons. The van der Waals surface area contributed by atoms with E-state index in [0.717, 1.165) is 16.8 Å². The monoisotopic (exact) mass is 306 g/mol. The highest BCUT2D eigenvalue weighted by Gasteiger charge is 2.28. The van der Waals surface area contributed by atoms with E-state index in [2.05, 4.69) is 60.6 Å². The Morgan fingerprint density at radius 1 is 1.04 bits per heavy atom. The van der Waals surface area contributed by atoms with Crippen LogP contribution in [-0.4, -0.2) is 5.96 Å². The second-order valence-electron chi connectivity index (χ2n) is 6.17. The summed E-state index contributed by atoms with van der Waals surface area (Å²) in [5.74, 6) is 0.338. The number of aryl methyl sites for hydroxylation is 2. The number of hydrogen-bond donors (Lipinski definition) is 3. The SMILES string of the molecule is CC1=CC(N)(c2ccc(C)c(-c3cccc(C)c3)c2)N=C(N)N1. The molecule has 1 unspecified atom stereocenters. The van der Waals surface area contributed by atoms with Crippen molar-refractivity contribution in [1.82, 2.24) is 5.32 Å². The van der Waals surface area contributed by atoms with Crippen LogP contribution in [0.25, 0.3) is 11.1 Å². The topological polar surface area (TPSA) is 76.4 Å². The normalized spacial score (nSPS) is 20.5. The van der Waals surface area contributed by atoms with Crippen molar-refractivity contribution in [3.8, 4) is 11.1 Å². The van der Waals surface area contributed by atoms with E-state index in [9.17, 15) is 0 Å². The zero-order valence-electron chi connectivity index (χ0n) is 13.7. The first-order valence-corrected chi connectivity index (χ1v) is 7.66. The lowest BCUT2D eigenvalue weighted by molar-refractivity contribution is 0.573. The van der Waals surface area contributed by atoms with Gasteiger partial charge < -0.3 is 11.1 Å². The van der Waals surface area contributed by atoms with E-state index in [1.165, 1.54) is 16.7 Å². The average molecular weight is 306 g/mol. The average Bonchev–Trinajstić information content (AvgIpc) is 2.46. The maximum absolute atomic E-state index is 6.50. The van der Waals surface area contributed by atoms with Gasteiger partial charge in [-0.25, -0.2) is 4.99 Å². The standard InChI is InChI=1S/C19H22N4/c1-12-5-4-6-15(9-12)17-10-16(8-7-13(17)2)19(21)11-14(3)22-18(20)23-19/h4-11H,21H2,1-3H3,(H3,20,22,23). The second kappa shape index (κ2) is 5.56. The minimum Gasteiger partial charge on any atom is -0.370 e. The van der Waals surface area contributed by atoms with Crippen LogP contribution in [0, 0.1) is 13.8 Å². The van der Waals surface area contributed by atoms with Crippen LogP contribution >= 0.6 is 0 Å². The summed E-state index contributed by atoms with van der Waals surface area (Å²) in [5, 5.41) is 2.98. The van der Waals surface area contributed by atoms with E-state index >= 15 is 0 Å². The first kappa shape index (κ1) is 15.3. The molecule has 1 aliphatic heterocycles. The molecule has 0 aromatic heterocycles. The molecule has 2 aromatic rings. The molecular formula is C19H22N4. The Morgan fingerprint density at radius 2 is 1.83 bits per heavy atom. The lowest BCUT2D eigenvalue weighted by atomic mass is 9.91. The molecule has 1 atom stereocenters. The quantitative estimate of drug-likeness (QED) is 0.798. The van der Waals surface area contributed by atoms with Gasteiger partial charge in [-0.1, -0.05) is 42.0 Å². The molecule has 0 radical (unpaired) electrons. The van der Waals surface area contributed by atoms with Crippen molar-refractivity contribution in [2.75, 3.05) is 0 Å². The molecule has 0 fully saturated rings. The van der Waals surface area contributed by atoms with E-state index in [4.69, 9.17) is 11.5 Å². The maximum Gasteiger partial charge on any atom is 0.195 e. The van der Waals surface area contributed by atoms with Crippen LogP contribution in [0.4, 0.5) is 0 Å². The maximum atomic E-state index is 6.50. The second-order valence-corrected chi connectivity index (χ2v) is 6.17. The number of nitrogens with one attached hydrogen (secondary N) is 1. The highest BCUT2D eigenvalue weighted by atomic mass is 15.2. The summed E-state index contributed by atoms with van der Waals surface area (Å²) in [7, 11) is 0.